The molecule has 0 spiro atoms. The zero-order valence-electron chi connectivity index (χ0n) is 13.9. The first-order valence-electron chi connectivity index (χ1n) is 7.84. The van der Waals surface area contributed by atoms with Crippen LogP contribution < -0.4 is 10.0 Å². The van der Waals surface area contributed by atoms with E-state index in [9.17, 15) is 13.2 Å². The van der Waals surface area contributed by atoms with Crippen molar-refractivity contribution in [3.05, 3.63) is 29.8 Å². The van der Waals surface area contributed by atoms with E-state index in [-0.39, 0.29) is 18.0 Å². The Hall–Kier alpha value is -1.44. The maximum Gasteiger partial charge on any atom is 0.241 e. The number of benzene rings is 1. The molecule has 0 bridgehead atoms. The Balaban J connectivity index is 1.97. The molecule has 2 unspecified atom stereocenters. The maximum atomic E-state index is 12.5. The van der Waals surface area contributed by atoms with Crippen molar-refractivity contribution in [3.8, 4) is 0 Å². The molecule has 1 saturated heterocycles. The largest absolute Gasteiger partial charge is 0.324 e. The first-order chi connectivity index (χ1) is 10.8. The summed E-state index contributed by atoms with van der Waals surface area (Å²) >= 11 is 0. The van der Waals surface area contributed by atoms with Crippen molar-refractivity contribution in [3.63, 3.8) is 0 Å². The lowest BCUT2D eigenvalue weighted by atomic mass is 10.0. The number of amides is 1. The summed E-state index contributed by atoms with van der Waals surface area (Å²) in [6.45, 7) is 5.16. The van der Waals surface area contributed by atoms with Crippen molar-refractivity contribution in [2.45, 2.75) is 38.8 Å². The van der Waals surface area contributed by atoms with Gasteiger partial charge in [0.15, 0.2) is 0 Å². The van der Waals surface area contributed by atoms with Gasteiger partial charge in [-0.3, -0.25) is 9.69 Å². The number of nitrogens with zero attached hydrogens (tertiary/aromatic N) is 1. The summed E-state index contributed by atoms with van der Waals surface area (Å²) in [4.78, 5) is 14.5. The van der Waals surface area contributed by atoms with Gasteiger partial charge in [-0.2, -0.15) is 0 Å². The van der Waals surface area contributed by atoms with E-state index < -0.39 is 10.0 Å². The van der Waals surface area contributed by atoms with Gasteiger partial charge in [0.2, 0.25) is 15.9 Å². The molecule has 0 radical (unpaired) electrons. The van der Waals surface area contributed by atoms with E-state index in [1.807, 2.05) is 43.0 Å². The molecule has 7 heteroatoms. The smallest absolute Gasteiger partial charge is 0.241 e. The van der Waals surface area contributed by atoms with Crippen molar-refractivity contribution in [2.75, 3.05) is 24.7 Å². The van der Waals surface area contributed by atoms with Gasteiger partial charge < -0.3 is 5.32 Å². The van der Waals surface area contributed by atoms with Crippen LogP contribution in [0.1, 0.15) is 25.3 Å². The van der Waals surface area contributed by atoms with E-state index >= 15 is 0 Å². The number of aryl methyl sites for hydroxylation is 1. The molecule has 1 aromatic rings. The molecule has 0 aromatic heterocycles. The summed E-state index contributed by atoms with van der Waals surface area (Å²) in [7, 11) is -3.22. The van der Waals surface area contributed by atoms with Crippen LogP contribution in [0.2, 0.25) is 0 Å². The molecule has 1 aromatic carbocycles. The molecule has 1 aliphatic heterocycles. The number of hydrogen-bond donors (Lipinski definition) is 2. The van der Waals surface area contributed by atoms with Crippen LogP contribution in [-0.2, 0) is 14.8 Å². The Labute approximate surface area is 138 Å². The second kappa shape index (κ2) is 7.42. The highest BCUT2D eigenvalue weighted by atomic mass is 32.2. The van der Waals surface area contributed by atoms with Crippen LogP contribution in [0.3, 0.4) is 0 Å². The summed E-state index contributed by atoms with van der Waals surface area (Å²) in [6.07, 6.45) is 2.84. The van der Waals surface area contributed by atoms with Crippen LogP contribution >= 0.6 is 0 Å². The normalized spacial score (nSPS) is 20.9. The quantitative estimate of drug-likeness (QED) is 0.848. The number of nitrogens with one attached hydrogen (secondary N) is 2. The molecule has 128 valence electrons. The monoisotopic (exact) mass is 339 g/mol. The van der Waals surface area contributed by atoms with E-state index in [0.717, 1.165) is 30.6 Å². The minimum atomic E-state index is -3.22. The summed E-state index contributed by atoms with van der Waals surface area (Å²) in [5.74, 6) is -0.0701. The number of sulfonamides is 1. The maximum absolute atomic E-state index is 12.5. The fourth-order valence-electron chi connectivity index (χ4n) is 2.87. The number of hydrogen-bond acceptors (Lipinski definition) is 4. The van der Waals surface area contributed by atoms with Crippen molar-refractivity contribution in [1.82, 2.24) is 9.62 Å². The van der Waals surface area contributed by atoms with Gasteiger partial charge in [-0.15, -0.1) is 0 Å². The van der Waals surface area contributed by atoms with Crippen LogP contribution in [-0.4, -0.2) is 50.7 Å². The third-order valence-corrected chi connectivity index (χ3v) is 4.93. The number of carbonyl (C=O) groups is 1. The van der Waals surface area contributed by atoms with Gasteiger partial charge in [-0.1, -0.05) is 18.2 Å². The van der Waals surface area contributed by atoms with Crippen LogP contribution in [0, 0.1) is 6.92 Å². The summed E-state index contributed by atoms with van der Waals surface area (Å²) in [5.41, 5.74) is 1.83. The minimum Gasteiger partial charge on any atom is -0.324 e. The van der Waals surface area contributed by atoms with Crippen molar-refractivity contribution in [2.24, 2.45) is 0 Å². The van der Waals surface area contributed by atoms with Gasteiger partial charge in [-0.05, 0) is 44.9 Å². The van der Waals surface area contributed by atoms with Crippen LogP contribution in [0.25, 0.3) is 0 Å². The molecule has 1 fully saturated rings. The molecule has 1 aliphatic rings. The van der Waals surface area contributed by atoms with E-state index in [2.05, 4.69) is 10.0 Å². The fraction of sp³-hybridized carbons (Fsp3) is 0.562. The van der Waals surface area contributed by atoms with Gasteiger partial charge in [0, 0.05) is 18.3 Å². The first-order valence-corrected chi connectivity index (χ1v) is 9.73. The lowest BCUT2D eigenvalue weighted by Crippen LogP contribution is -2.52. The molecular weight excluding hydrogens is 314 g/mol. The average molecular weight is 339 g/mol. The highest BCUT2D eigenvalue weighted by Crippen LogP contribution is 2.17. The predicted octanol–water partition coefficient (Wildman–Crippen LogP) is 1.34. The van der Waals surface area contributed by atoms with E-state index in [1.54, 1.807) is 0 Å². The van der Waals surface area contributed by atoms with Crippen molar-refractivity contribution >= 4 is 21.6 Å². The molecule has 6 nitrogen and oxygen atoms in total. The second-order valence-electron chi connectivity index (χ2n) is 6.20. The van der Waals surface area contributed by atoms with E-state index in [1.165, 1.54) is 6.26 Å². The number of rotatable bonds is 5. The molecule has 2 atom stereocenters. The number of piperidine rings is 1. The standard InChI is InChI=1S/C16H25N3O3S/c1-12-7-4-5-9-15(12)17-16(20)13(2)19-10-6-8-14(11-19)18-23(3,21)22/h4-5,7,9,13-14,18H,6,8,10-11H2,1-3H3,(H,17,20). The van der Waals surface area contributed by atoms with Gasteiger partial charge >= 0.3 is 0 Å². The third-order valence-electron chi connectivity index (χ3n) is 4.16. The number of likely N-dealkylation sites (tertiary alicyclic amines) is 1. The zero-order chi connectivity index (χ0) is 17.0. The molecule has 23 heavy (non-hydrogen) atoms. The predicted molar refractivity (Wildman–Crippen MR) is 91.8 cm³/mol. The van der Waals surface area contributed by atoms with Gasteiger partial charge in [0.05, 0.1) is 12.3 Å². The zero-order valence-corrected chi connectivity index (χ0v) is 14.7. The summed E-state index contributed by atoms with van der Waals surface area (Å²) in [6, 6.07) is 7.21. The lowest BCUT2D eigenvalue weighted by Gasteiger charge is -2.36. The van der Waals surface area contributed by atoms with Crippen LogP contribution in [0.5, 0.6) is 0 Å². The van der Waals surface area contributed by atoms with Crippen LogP contribution in [0.15, 0.2) is 24.3 Å². The Morgan fingerprint density at radius 3 is 2.70 bits per heavy atom. The molecule has 2 rings (SSSR count). The van der Waals surface area contributed by atoms with Crippen molar-refractivity contribution in [1.29, 1.82) is 0 Å². The SMILES string of the molecule is Cc1ccccc1NC(=O)C(C)N1CCCC(NS(C)(=O)=O)C1. The van der Waals surface area contributed by atoms with Crippen LogP contribution in [0.4, 0.5) is 5.69 Å². The summed E-state index contributed by atoms with van der Waals surface area (Å²) < 4.78 is 25.4. The van der Waals surface area contributed by atoms with Gasteiger partial charge in [-0.25, -0.2) is 13.1 Å². The molecule has 2 N–H and O–H groups in total. The summed E-state index contributed by atoms with van der Waals surface area (Å²) in [5, 5.41) is 2.95. The molecule has 1 amide bonds. The van der Waals surface area contributed by atoms with Gasteiger partial charge in [0.25, 0.3) is 0 Å². The number of carbonyl (C=O) groups excluding carboxylic acids is 1. The first kappa shape index (κ1) is 17.9. The Bertz CT molecular complexity index is 660. The Morgan fingerprint density at radius 2 is 2.04 bits per heavy atom. The highest BCUT2D eigenvalue weighted by Gasteiger charge is 2.28. The number of anilines is 1. The van der Waals surface area contributed by atoms with E-state index in [4.69, 9.17) is 0 Å². The lowest BCUT2D eigenvalue weighted by molar-refractivity contribution is -0.121. The molecule has 1 heterocycles. The average Bonchev–Trinajstić information content (AvgIpc) is 2.47. The Morgan fingerprint density at radius 1 is 1.35 bits per heavy atom. The minimum absolute atomic E-state index is 0.0701. The number of para-hydroxylation sites is 1. The van der Waals surface area contributed by atoms with E-state index in [0.29, 0.717) is 6.54 Å². The Kier molecular flexibility index (Phi) is 5.78. The third kappa shape index (κ3) is 5.30. The molecule has 0 aliphatic carbocycles. The highest BCUT2D eigenvalue weighted by molar-refractivity contribution is 7.88. The van der Waals surface area contributed by atoms with Crippen molar-refractivity contribution < 1.29 is 13.2 Å². The topological polar surface area (TPSA) is 78.5 Å². The fourth-order valence-corrected chi connectivity index (χ4v) is 3.67. The molecule has 0 saturated carbocycles. The van der Waals surface area contributed by atoms with Gasteiger partial charge in [0.1, 0.15) is 0 Å². The molecular formula is C16H25N3O3S. The second-order valence-corrected chi connectivity index (χ2v) is 7.98.